The first-order chi connectivity index (χ1) is 8.92. The molecule has 3 heteroatoms. The number of piperidine rings is 1. The van der Waals surface area contributed by atoms with Crippen LogP contribution in [0.15, 0.2) is 5.38 Å². The molecule has 1 saturated heterocycles. The Bertz CT molecular complexity index is 362. The van der Waals surface area contributed by atoms with E-state index in [1.54, 1.807) is 0 Å². The lowest BCUT2D eigenvalue weighted by atomic mass is 10.0. The summed E-state index contributed by atoms with van der Waals surface area (Å²) in [5.74, 6) is 0.780. The first-order valence-electron chi connectivity index (χ1n) is 7.59. The molecular weight excluding hydrogens is 240 g/mol. The van der Waals surface area contributed by atoms with E-state index in [0.717, 1.165) is 12.0 Å². The Balaban J connectivity index is 1.50. The molecule has 1 aliphatic carbocycles. The van der Waals surface area contributed by atoms with Crippen molar-refractivity contribution in [2.24, 2.45) is 0 Å². The van der Waals surface area contributed by atoms with Crippen LogP contribution in [0.5, 0.6) is 0 Å². The third kappa shape index (κ3) is 3.12. The number of aryl methyl sites for hydroxylation is 1. The fourth-order valence-electron chi connectivity index (χ4n) is 3.32. The molecule has 0 bridgehead atoms. The molecule has 18 heavy (non-hydrogen) atoms. The summed E-state index contributed by atoms with van der Waals surface area (Å²) >= 11 is 1.89. The van der Waals surface area contributed by atoms with Crippen LogP contribution >= 0.6 is 11.3 Å². The SMILES string of the molecule is c1sc(CCC2CCCCN2)nc1C1CCCC1. The largest absolute Gasteiger partial charge is 0.314 e. The number of hydrogen-bond acceptors (Lipinski definition) is 3. The maximum atomic E-state index is 4.87. The van der Waals surface area contributed by atoms with Crippen molar-refractivity contribution in [2.75, 3.05) is 6.54 Å². The van der Waals surface area contributed by atoms with Gasteiger partial charge in [0.2, 0.25) is 0 Å². The Kier molecular flexibility index (Phi) is 4.32. The van der Waals surface area contributed by atoms with Gasteiger partial charge >= 0.3 is 0 Å². The highest BCUT2D eigenvalue weighted by atomic mass is 32.1. The molecule has 3 rings (SSSR count). The smallest absolute Gasteiger partial charge is 0.0928 e. The lowest BCUT2D eigenvalue weighted by molar-refractivity contribution is 0.382. The Morgan fingerprint density at radius 2 is 2.00 bits per heavy atom. The number of hydrogen-bond donors (Lipinski definition) is 1. The minimum atomic E-state index is 0.748. The fourth-order valence-corrected chi connectivity index (χ4v) is 4.21. The van der Waals surface area contributed by atoms with Gasteiger partial charge in [0.1, 0.15) is 0 Å². The summed E-state index contributed by atoms with van der Waals surface area (Å²) in [6.07, 6.45) is 12.1. The van der Waals surface area contributed by atoms with Crippen LogP contribution in [-0.4, -0.2) is 17.6 Å². The maximum Gasteiger partial charge on any atom is 0.0928 e. The summed E-state index contributed by atoms with van der Waals surface area (Å²) in [7, 11) is 0. The van der Waals surface area contributed by atoms with Gasteiger partial charge < -0.3 is 5.32 Å². The van der Waals surface area contributed by atoms with Crippen LogP contribution in [-0.2, 0) is 6.42 Å². The molecule has 1 saturated carbocycles. The minimum Gasteiger partial charge on any atom is -0.314 e. The van der Waals surface area contributed by atoms with Gasteiger partial charge in [0.25, 0.3) is 0 Å². The van der Waals surface area contributed by atoms with Crippen molar-refractivity contribution in [2.45, 2.75) is 69.7 Å². The summed E-state index contributed by atoms with van der Waals surface area (Å²) in [5.41, 5.74) is 1.39. The van der Waals surface area contributed by atoms with Crippen molar-refractivity contribution in [3.63, 3.8) is 0 Å². The van der Waals surface area contributed by atoms with Crippen LogP contribution in [0, 0.1) is 0 Å². The lowest BCUT2D eigenvalue weighted by Gasteiger charge is -2.22. The van der Waals surface area contributed by atoms with E-state index >= 15 is 0 Å². The van der Waals surface area contributed by atoms with Crippen molar-refractivity contribution in [3.05, 3.63) is 16.1 Å². The van der Waals surface area contributed by atoms with Gasteiger partial charge in [0.05, 0.1) is 10.7 Å². The average Bonchev–Trinajstić information content (AvgIpc) is 3.08. The zero-order valence-electron chi connectivity index (χ0n) is 11.2. The van der Waals surface area contributed by atoms with Crippen molar-refractivity contribution in [1.29, 1.82) is 0 Å². The molecule has 0 amide bonds. The molecule has 0 aromatic carbocycles. The number of thiazole rings is 1. The van der Waals surface area contributed by atoms with Gasteiger partial charge in [-0.15, -0.1) is 11.3 Å². The Hall–Kier alpha value is -0.410. The predicted octanol–water partition coefficient (Wildman–Crippen LogP) is 3.88. The van der Waals surface area contributed by atoms with Crippen LogP contribution in [0.4, 0.5) is 0 Å². The molecule has 1 N–H and O–H groups in total. The van der Waals surface area contributed by atoms with Crippen molar-refractivity contribution >= 4 is 11.3 Å². The van der Waals surface area contributed by atoms with E-state index in [0.29, 0.717) is 0 Å². The normalized spacial score (nSPS) is 25.7. The summed E-state index contributed by atoms with van der Waals surface area (Å²) in [6.45, 7) is 1.22. The standard InChI is InChI=1S/C15H24N2S/c1-2-6-12(5-1)14-11-18-15(17-14)9-8-13-7-3-4-10-16-13/h11-13,16H,1-10H2. The highest BCUT2D eigenvalue weighted by Crippen LogP contribution is 2.34. The second kappa shape index (κ2) is 6.16. The highest BCUT2D eigenvalue weighted by molar-refractivity contribution is 7.09. The van der Waals surface area contributed by atoms with Crippen molar-refractivity contribution in [1.82, 2.24) is 10.3 Å². The van der Waals surface area contributed by atoms with E-state index < -0.39 is 0 Å². The lowest BCUT2D eigenvalue weighted by Crippen LogP contribution is -2.34. The van der Waals surface area contributed by atoms with E-state index in [1.165, 1.54) is 75.0 Å². The number of nitrogens with one attached hydrogen (secondary N) is 1. The molecule has 0 spiro atoms. The summed E-state index contributed by atoms with van der Waals surface area (Å²) in [4.78, 5) is 4.87. The zero-order chi connectivity index (χ0) is 12.2. The number of rotatable bonds is 4. The molecule has 2 nitrogen and oxygen atoms in total. The third-order valence-electron chi connectivity index (χ3n) is 4.46. The second-order valence-electron chi connectivity index (χ2n) is 5.83. The van der Waals surface area contributed by atoms with Crippen molar-refractivity contribution in [3.8, 4) is 0 Å². The quantitative estimate of drug-likeness (QED) is 0.893. The van der Waals surface area contributed by atoms with Gasteiger partial charge in [0.15, 0.2) is 0 Å². The van der Waals surface area contributed by atoms with Crippen LogP contribution in [0.3, 0.4) is 0 Å². The number of nitrogens with zero attached hydrogens (tertiary/aromatic N) is 1. The van der Waals surface area contributed by atoms with Gasteiger partial charge in [-0.1, -0.05) is 19.3 Å². The Labute approximate surface area is 114 Å². The molecule has 2 heterocycles. The molecule has 100 valence electrons. The van der Waals surface area contributed by atoms with Crippen LogP contribution in [0.25, 0.3) is 0 Å². The summed E-state index contributed by atoms with van der Waals surface area (Å²) in [6, 6.07) is 0.748. The van der Waals surface area contributed by atoms with Crippen LogP contribution < -0.4 is 5.32 Å². The summed E-state index contributed by atoms with van der Waals surface area (Å²) < 4.78 is 0. The van der Waals surface area contributed by atoms with Gasteiger partial charge in [-0.25, -0.2) is 4.98 Å². The molecule has 1 aliphatic heterocycles. The van der Waals surface area contributed by atoms with E-state index in [9.17, 15) is 0 Å². The van der Waals surface area contributed by atoms with E-state index in [4.69, 9.17) is 4.98 Å². The van der Waals surface area contributed by atoms with Gasteiger partial charge in [0, 0.05) is 23.8 Å². The first kappa shape index (κ1) is 12.6. The van der Waals surface area contributed by atoms with Crippen molar-refractivity contribution < 1.29 is 0 Å². The molecule has 1 unspecified atom stereocenters. The average molecular weight is 264 g/mol. The maximum absolute atomic E-state index is 4.87. The van der Waals surface area contributed by atoms with Gasteiger partial charge in [-0.2, -0.15) is 0 Å². The molecule has 0 radical (unpaired) electrons. The highest BCUT2D eigenvalue weighted by Gasteiger charge is 2.20. The monoisotopic (exact) mass is 264 g/mol. The predicted molar refractivity (Wildman–Crippen MR) is 77.3 cm³/mol. The molecule has 2 aliphatic rings. The fraction of sp³-hybridized carbons (Fsp3) is 0.800. The first-order valence-corrected chi connectivity index (χ1v) is 8.47. The molecule has 1 aromatic heterocycles. The number of aromatic nitrogens is 1. The topological polar surface area (TPSA) is 24.9 Å². The molecular formula is C15H24N2S. The molecule has 2 fully saturated rings. The summed E-state index contributed by atoms with van der Waals surface area (Å²) in [5, 5.41) is 7.31. The van der Waals surface area contributed by atoms with Gasteiger partial charge in [-0.05, 0) is 38.6 Å². The van der Waals surface area contributed by atoms with Crippen LogP contribution in [0.2, 0.25) is 0 Å². The van der Waals surface area contributed by atoms with E-state index in [1.807, 2.05) is 11.3 Å². The molecule has 1 aromatic rings. The van der Waals surface area contributed by atoms with Gasteiger partial charge in [-0.3, -0.25) is 0 Å². The Morgan fingerprint density at radius 3 is 2.78 bits per heavy atom. The van der Waals surface area contributed by atoms with E-state index in [-0.39, 0.29) is 0 Å². The minimum absolute atomic E-state index is 0.748. The molecule has 1 atom stereocenters. The zero-order valence-corrected chi connectivity index (χ0v) is 12.0. The van der Waals surface area contributed by atoms with Crippen LogP contribution in [0.1, 0.15) is 68.0 Å². The van der Waals surface area contributed by atoms with E-state index in [2.05, 4.69) is 10.7 Å². The third-order valence-corrected chi connectivity index (χ3v) is 5.39. The second-order valence-corrected chi connectivity index (χ2v) is 6.78. The Morgan fingerprint density at radius 1 is 1.17 bits per heavy atom.